The number of fused-ring (bicyclic) bond motifs is 1. The van der Waals surface area contributed by atoms with Gasteiger partial charge in [0.2, 0.25) is 0 Å². The standard InChI is InChI=1S/C17H14N2O5S/c1-11-14-8-7-13(9-15(14)16(19(21)22)10-17(11)20)25(23,24)18-12-5-3-2-4-6-12/h2-10,18,20H,1H3. The molecule has 2 N–H and O–H groups in total. The molecular weight excluding hydrogens is 344 g/mol. The van der Waals surface area contributed by atoms with E-state index in [2.05, 4.69) is 4.72 Å². The zero-order valence-corrected chi connectivity index (χ0v) is 13.9. The van der Waals surface area contributed by atoms with Crippen molar-refractivity contribution in [2.24, 2.45) is 0 Å². The number of nitrogens with zero attached hydrogens (tertiary/aromatic N) is 1. The summed E-state index contributed by atoms with van der Waals surface area (Å²) >= 11 is 0. The van der Waals surface area contributed by atoms with Crippen LogP contribution in [0.3, 0.4) is 0 Å². The van der Waals surface area contributed by atoms with Gasteiger partial charge in [-0.05, 0) is 42.1 Å². The van der Waals surface area contributed by atoms with Gasteiger partial charge in [-0.15, -0.1) is 0 Å². The predicted octanol–water partition coefficient (Wildman–Crippen LogP) is 3.56. The number of nitro groups is 1. The van der Waals surface area contributed by atoms with Crippen molar-refractivity contribution in [2.75, 3.05) is 4.72 Å². The molecule has 0 aliphatic rings. The number of nitrogens with one attached hydrogen (secondary N) is 1. The minimum absolute atomic E-state index is 0.1000. The molecule has 0 aliphatic carbocycles. The topological polar surface area (TPSA) is 110 Å². The van der Waals surface area contributed by atoms with E-state index in [1.807, 2.05) is 0 Å². The average molecular weight is 358 g/mol. The van der Waals surface area contributed by atoms with Gasteiger partial charge in [0.05, 0.1) is 21.3 Å². The molecule has 0 saturated carbocycles. The summed E-state index contributed by atoms with van der Waals surface area (Å²) in [7, 11) is -3.91. The summed E-state index contributed by atoms with van der Waals surface area (Å²) in [6.07, 6.45) is 0. The molecule has 0 amide bonds. The average Bonchev–Trinajstić information content (AvgIpc) is 2.58. The molecule has 0 saturated heterocycles. The fraction of sp³-hybridized carbons (Fsp3) is 0.0588. The molecule has 0 heterocycles. The number of aromatic hydroxyl groups is 1. The van der Waals surface area contributed by atoms with Crippen LogP contribution >= 0.6 is 0 Å². The Balaban J connectivity index is 2.17. The highest BCUT2D eigenvalue weighted by Gasteiger charge is 2.21. The Hall–Kier alpha value is -3.13. The van der Waals surface area contributed by atoms with E-state index in [1.165, 1.54) is 18.2 Å². The largest absolute Gasteiger partial charge is 0.507 e. The molecule has 7 nitrogen and oxygen atoms in total. The molecule has 25 heavy (non-hydrogen) atoms. The summed E-state index contributed by atoms with van der Waals surface area (Å²) < 4.78 is 27.5. The molecule has 8 heteroatoms. The first-order chi connectivity index (χ1) is 11.8. The molecule has 0 unspecified atom stereocenters. The van der Waals surface area contributed by atoms with E-state index in [-0.39, 0.29) is 21.7 Å². The van der Waals surface area contributed by atoms with E-state index in [0.717, 1.165) is 6.07 Å². The van der Waals surface area contributed by atoms with Gasteiger partial charge in [0.1, 0.15) is 5.75 Å². The normalized spacial score (nSPS) is 11.4. The number of non-ortho nitro benzene ring substituents is 1. The van der Waals surface area contributed by atoms with Crippen molar-refractivity contribution in [3.05, 3.63) is 70.3 Å². The minimum atomic E-state index is -3.91. The molecule has 0 aromatic heterocycles. The van der Waals surface area contributed by atoms with E-state index in [4.69, 9.17) is 0 Å². The quantitative estimate of drug-likeness (QED) is 0.547. The van der Waals surface area contributed by atoms with Gasteiger partial charge in [-0.25, -0.2) is 8.42 Å². The zero-order chi connectivity index (χ0) is 18.2. The molecule has 0 spiro atoms. The number of phenolic OH excluding ortho intramolecular Hbond substituents is 1. The monoisotopic (exact) mass is 358 g/mol. The second-order valence-electron chi connectivity index (χ2n) is 5.48. The third kappa shape index (κ3) is 3.11. The summed E-state index contributed by atoms with van der Waals surface area (Å²) in [6.45, 7) is 1.61. The second-order valence-corrected chi connectivity index (χ2v) is 7.16. The Bertz CT molecular complexity index is 1080. The number of phenols is 1. The van der Waals surface area contributed by atoms with Gasteiger partial charge in [-0.1, -0.05) is 24.3 Å². The van der Waals surface area contributed by atoms with Gasteiger partial charge in [0.25, 0.3) is 15.7 Å². The molecule has 0 aliphatic heterocycles. The summed E-state index contributed by atoms with van der Waals surface area (Å²) in [5.74, 6) is -0.211. The molecule has 3 aromatic carbocycles. The Morgan fingerprint density at radius 3 is 2.36 bits per heavy atom. The van der Waals surface area contributed by atoms with Crippen LogP contribution in [-0.2, 0) is 10.0 Å². The summed E-state index contributed by atoms with van der Waals surface area (Å²) in [4.78, 5) is 10.5. The summed E-state index contributed by atoms with van der Waals surface area (Å²) in [5, 5.41) is 21.7. The number of hydrogen-bond donors (Lipinski definition) is 2. The van der Waals surface area contributed by atoms with Gasteiger partial charge in [0, 0.05) is 5.69 Å². The lowest BCUT2D eigenvalue weighted by Gasteiger charge is -2.10. The summed E-state index contributed by atoms with van der Waals surface area (Å²) in [6, 6.07) is 13.4. The van der Waals surface area contributed by atoms with Crippen LogP contribution in [0.5, 0.6) is 5.75 Å². The smallest absolute Gasteiger partial charge is 0.280 e. The third-order valence-corrected chi connectivity index (χ3v) is 5.24. The van der Waals surface area contributed by atoms with Crippen LogP contribution in [0.2, 0.25) is 0 Å². The summed E-state index contributed by atoms with van der Waals surface area (Å²) in [5.41, 5.74) is 0.481. The first-order valence-corrected chi connectivity index (χ1v) is 8.76. The van der Waals surface area contributed by atoms with E-state index in [1.54, 1.807) is 37.3 Å². The Labute approximate surface area is 143 Å². The predicted molar refractivity (Wildman–Crippen MR) is 94.3 cm³/mol. The molecule has 3 aromatic rings. The van der Waals surface area contributed by atoms with Crippen LogP contribution in [0.15, 0.2) is 59.5 Å². The van der Waals surface area contributed by atoms with Crippen molar-refractivity contribution in [2.45, 2.75) is 11.8 Å². The number of rotatable bonds is 4. The number of benzene rings is 3. The lowest BCUT2D eigenvalue weighted by atomic mass is 10.0. The van der Waals surface area contributed by atoms with Gasteiger partial charge < -0.3 is 5.11 Å². The van der Waals surface area contributed by atoms with Gasteiger partial charge >= 0.3 is 0 Å². The Morgan fingerprint density at radius 2 is 1.72 bits per heavy atom. The van der Waals surface area contributed by atoms with Crippen molar-refractivity contribution in [1.29, 1.82) is 0 Å². The number of hydrogen-bond acceptors (Lipinski definition) is 5. The second kappa shape index (κ2) is 6.06. The Kier molecular flexibility index (Phi) is 4.05. The Morgan fingerprint density at radius 1 is 1.04 bits per heavy atom. The SMILES string of the molecule is Cc1c(O)cc([N+](=O)[O-])c2cc(S(=O)(=O)Nc3ccccc3)ccc12. The molecule has 0 fully saturated rings. The number of aryl methyl sites for hydroxylation is 1. The lowest BCUT2D eigenvalue weighted by Crippen LogP contribution is -2.12. The fourth-order valence-electron chi connectivity index (χ4n) is 2.55. The molecule has 128 valence electrons. The number of para-hydroxylation sites is 1. The molecule has 3 rings (SSSR count). The molecular formula is C17H14N2O5S. The molecule has 0 radical (unpaired) electrons. The highest BCUT2D eigenvalue weighted by atomic mass is 32.2. The van der Waals surface area contributed by atoms with Crippen LogP contribution in [0.4, 0.5) is 11.4 Å². The maximum absolute atomic E-state index is 12.5. The zero-order valence-electron chi connectivity index (χ0n) is 13.1. The van der Waals surface area contributed by atoms with Crippen LogP contribution in [0.1, 0.15) is 5.56 Å². The fourth-order valence-corrected chi connectivity index (χ4v) is 3.64. The maximum Gasteiger partial charge on any atom is 0.280 e. The van der Waals surface area contributed by atoms with E-state index in [0.29, 0.717) is 16.6 Å². The van der Waals surface area contributed by atoms with Crippen molar-refractivity contribution in [3.63, 3.8) is 0 Å². The van der Waals surface area contributed by atoms with Crippen molar-refractivity contribution >= 4 is 32.2 Å². The van der Waals surface area contributed by atoms with E-state index < -0.39 is 14.9 Å². The number of nitro benzene ring substituents is 1. The first kappa shape index (κ1) is 16.7. The van der Waals surface area contributed by atoms with Gasteiger partial charge in [-0.3, -0.25) is 14.8 Å². The highest BCUT2D eigenvalue weighted by Crippen LogP contribution is 2.36. The first-order valence-electron chi connectivity index (χ1n) is 7.28. The maximum atomic E-state index is 12.5. The lowest BCUT2D eigenvalue weighted by molar-refractivity contribution is -0.383. The van der Waals surface area contributed by atoms with Crippen LogP contribution in [0.25, 0.3) is 10.8 Å². The third-order valence-electron chi connectivity index (χ3n) is 3.86. The van der Waals surface area contributed by atoms with E-state index in [9.17, 15) is 23.6 Å². The molecule has 0 atom stereocenters. The highest BCUT2D eigenvalue weighted by molar-refractivity contribution is 7.92. The number of anilines is 1. The van der Waals surface area contributed by atoms with Crippen LogP contribution < -0.4 is 4.72 Å². The van der Waals surface area contributed by atoms with Crippen LogP contribution in [-0.4, -0.2) is 18.4 Å². The van der Waals surface area contributed by atoms with E-state index >= 15 is 0 Å². The number of sulfonamides is 1. The van der Waals surface area contributed by atoms with Crippen molar-refractivity contribution in [3.8, 4) is 5.75 Å². The van der Waals surface area contributed by atoms with Crippen LogP contribution in [0, 0.1) is 17.0 Å². The molecule has 0 bridgehead atoms. The minimum Gasteiger partial charge on any atom is -0.507 e. The van der Waals surface area contributed by atoms with Crippen molar-refractivity contribution in [1.82, 2.24) is 0 Å². The van der Waals surface area contributed by atoms with Gasteiger partial charge in [-0.2, -0.15) is 0 Å². The van der Waals surface area contributed by atoms with Gasteiger partial charge in [0.15, 0.2) is 0 Å². The van der Waals surface area contributed by atoms with Crippen molar-refractivity contribution < 1.29 is 18.4 Å².